The van der Waals surface area contributed by atoms with Crippen molar-refractivity contribution in [2.45, 2.75) is 117 Å². The number of nitrogens with zero attached hydrogens (tertiary/aromatic N) is 10. The number of phenols is 2. The lowest BCUT2D eigenvalue weighted by atomic mass is 9.81. The number of aromatic hydroxyl groups is 2. The van der Waals surface area contributed by atoms with Crippen LogP contribution in [0.25, 0.3) is 24.3 Å². The molecule has 102 heavy (non-hydrogen) atoms. The van der Waals surface area contributed by atoms with Gasteiger partial charge < -0.3 is 67.6 Å². The summed E-state index contributed by atoms with van der Waals surface area (Å²) < 4.78 is 23.1. The molecule has 0 radical (unpaired) electrons. The Labute approximate surface area is 644 Å². The Bertz CT molecular complexity index is 4550. The lowest BCUT2D eigenvalue weighted by Crippen LogP contribution is -3.00. The van der Waals surface area contributed by atoms with Crippen LogP contribution in [0.4, 0.5) is 11.4 Å². The second kappa shape index (κ2) is 31.1. The number of pyridine rings is 2. The molecule has 13 rings (SSSR count). The number of benzene rings is 6. The minimum absolute atomic E-state index is 0. The number of carbonyl (C=O) groups is 4. The van der Waals surface area contributed by atoms with Crippen LogP contribution in [0.2, 0.25) is 0 Å². The van der Waals surface area contributed by atoms with E-state index in [1.54, 1.807) is 58.2 Å². The summed E-state index contributed by atoms with van der Waals surface area (Å²) >= 11 is 6.84. The van der Waals surface area contributed by atoms with Gasteiger partial charge in [-0.1, -0.05) is 132 Å². The normalized spacial score (nSPS) is 13.6. The highest BCUT2D eigenvalue weighted by Gasteiger charge is 2.38. The molecule has 3 aliphatic rings. The molecular weight excluding hydrogens is 1640 g/mol. The number of carbonyl (C=O) groups excluding carboxylic acids is 4. The molecule has 18 nitrogen and oxygen atoms in total. The number of fused-ring (bicyclic) bond motifs is 10. The molecule has 0 atom stereocenters. The second-order valence-corrected chi connectivity index (χ2v) is 30.0. The van der Waals surface area contributed by atoms with Crippen LogP contribution in [-0.4, -0.2) is 76.8 Å². The number of Topliss-reactive ketones (excluding diaryl/α,β-unsaturated/α-hetero) is 2. The van der Waals surface area contributed by atoms with Gasteiger partial charge in [0.05, 0.1) is 61.2 Å². The SMILES string of the molecule is C[n+]1ccc(/C=C/c2cc3c(O)c(c2)Cc2cc(C(C)(C)C)cc(c2OCCCn2cc(CN4C(=O)C(=O)c5cc(Br)ccc54)nn2)Cc2cc(/C=C/c4cc[n+](C)cc4)cc(c2O)Cc2cc(C(C)(C)C)cc(c2OCCCn2cc(CN4C(=O)C(=O)c5cc(Br)ccc54)nn2)C3)cc1.[I-].[I-]. The van der Waals surface area contributed by atoms with Crippen LogP contribution in [0.15, 0.2) is 155 Å². The monoisotopic (exact) mass is 1720 g/mol. The van der Waals surface area contributed by atoms with Crippen molar-refractivity contribution in [3.05, 3.63) is 256 Å². The van der Waals surface area contributed by atoms with Crippen LogP contribution in [0.3, 0.4) is 0 Å². The van der Waals surface area contributed by atoms with Gasteiger partial charge >= 0.3 is 0 Å². The molecule has 2 amide bonds. The first kappa shape index (κ1) is 74.5. The second-order valence-electron chi connectivity index (χ2n) is 28.2. The van der Waals surface area contributed by atoms with Gasteiger partial charge in [-0.15, -0.1) is 10.2 Å². The summed E-state index contributed by atoms with van der Waals surface area (Å²) in [5.74, 6) is -0.746. The topological polar surface area (TPSA) is 203 Å². The molecule has 6 heterocycles. The van der Waals surface area contributed by atoms with Crippen molar-refractivity contribution in [3.63, 3.8) is 0 Å². The highest BCUT2D eigenvalue weighted by atomic mass is 127. The smallest absolute Gasteiger partial charge is 0.299 e. The van der Waals surface area contributed by atoms with Crippen LogP contribution >= 0.6 is 31.9 Å². The van der Waals surface area contributed by atoms with E-state index in [1.165, 1.54) is 9.80 Å². The first-order valence-electron chi connectivity index (χ1n) is 33.5. The predicted octanol–water partition coefficient (Wildman–Crippen LogP) is 7.47. The summed E-state index contributed by atoms with van der Waals surface area (Å²) in [5.41, 5.74) is 14.3. The third kappa shape index (κ3) is 16.7. The first-order valence-corrected chi connectivity index (χ1v) is 35.1. The fourth-order valence-corrected chi connectivity index (χ4v) is 13.8. The van der Waals surface area contributed by atoms with Gasteiger partial charge in [0, 0.05) is 84.8 Å². The number of halogens is 4. The van der Waals surface area contributed by atoms with Crippen LogP contribution in [0, 0.1) is 0 Å². The summed E-state index contributed by atoms with van der Waals surface area (Å²) in [4.78, 5) is 55.2. The lowest BCUT2D eigenvalue weighted by Gasteiger charge is -2.26. The van der Waals surface area contributed by atoms with Gasteiger partial charge in [-0.3, -0.25) is 38.3 Å². The van der Waals surface area contributed by atoms with E-state index >= 15 is 0 Å². The summed E-state index contributed by atoms with van der Waals surface area (Å²) in [5, 5.41) is 43.9. The van der Waals surface area contributed by atoms with E-state index in [0.717, 1.165) is 55.6 Å². The van der Waals surface area contributed by atoms with E-state index in [2.05, 4.69) is 191 Å². The van der Waals surface area contributed by atoms with Gasteiger partial charge in [-0.25, -0.2) is 9.13 Å². The summed E-state index contributed by atoms with van der Waals surface area (Å²) in [6, 6.07) is 35.7. The van der Waals surface area contributed by atoms with Gasteiger partial charge in [-0.05, 0) is 149 Å². The van der Waals surface area contributed by atoms with Gasteiger partial charge in [0.2, 0.25) is 0 Å². The summed E-state index contributed by atoms with van der Waals surface area (Å²) in [7, 11) is 3.98. The van der Waals surface area contributed by atoms with Crippen LogP contribution in [-0.2, 0) is 86.4 Å². The number of aryl methyl sites for hydroxylation is 4. The largest absolute Gasteiger partial charge is 1.00 e. The number of ether oxygens (including phenoxy) is 2. The van der Waals surface area contributed by atoms with E-state index in [0.29, 0.717) is 103 Å². The molecule has 10 aromatic rings. The minimum Gasteiger partial charge on any atom is -1.00 e. The molecule has 6 aromatic carbocycles. The van der Waals surface area contributed by atoms with Crippen LogP contribution in [0.1, 0.15) is 164 Å². The Kier molecular flexibility index (Phi) is 22.7. The molecule has 0 fully saturated rings. The Morgan fingerprint density at radius 1 is 0.471 bits per heavy atom. The molecule has 0 saturated carbocycles. The van der Waals surface area contributed by atoms with Crippen LogP contribution < -0.4 is 76.4 Å². The van der Waals surface area contributed by atoms with Crippen molar-refractivity contribution in [2.75, 3.05) is 23.0 Å². The number of anilines is 2. The van der Waals surface area contributed by atoms with Gasteiger partial charge in [-0.2, -0.15) is 0 Å². The molecule has 2 aliphatic heterocycles. The highest BCUT2D eigenvalue weighted by molar-refractivity contribution is 9.10. The number of ketones is 2. The molecule has 524 valence electrons. The van der Waals surface area contributed by atoms with Crippen molar-refractivity contribution >= 4 is 90.9 Å². The molecule has 8 bridgehead atoms. The van der Waals surface area contributed by atoms with Gasteiger partial charge in [0.1, 0.15) is 48.5 Å². The number of aromatic nitrogens is 8. The standard InChI is InChI=1S/C80H76Br2N10O8.2HI/c1-79(2,3)61-39-57-35-53-31-51(13-11-49-19-25-87(7)26-20-49)33-55(71(53)93)37-59-41-62(80(4,5)6)42-60(76(59)100-30-10-24-90-46-66(84-86-90)48-92-70-18-16-64(82)44-68(70)74(96)78(92)98)38-56-34-52(14-12-50-21-27-88(8)28-22-50)32-54(72(56)94)36-58(40-61)75(57)99-29-9-23-89-45-65(83-85-89)47-91-69-17-15-63(81)43-67(69)73(95)77(91)97;;/h11-22,25-28,31-34,39-46H,9-10,23-24,29-30,35-38,47-48H2,1-8H3;2*1H. The number of amides is 2. The average Bonchev–Trinajstić information content (AvgIpc) is 1.42. The Balaban J connectivity index is 0.00000523. The Hall–Kier alpha value is -8.72. The van der Waals surface area contributed by atoms with E-state index in [4.69, 9.17) is 9.47 Å². The maximum absolute atomic E-state index is 13.2. The number of rotatable bonds is 18. The summed E-state index contributed by atoms with van der Waals surface area (Å²) in [6.45, 7) is 14.7. The Morgan fingerprint density at radius 2 is 0.804 bits per heavy atom. The zero-order chi connectivity index (χ0) is 70.3. The fraction of sp³-hybridized carbons (Fsp3) is 0.275. The molecule has 0 unspecified atom stereocenters. The van der Waals surface area contributed by atoms with Crippen molar-refractivity contribution in [1.29, 1.82) is 0 Å². The fourth-order valence-electron chi connectivity index (χ4n) is 13.1. The molecular formula is C80H78Br2I2N10O8. The van der Waals surface area contributed by atoms with Crippen molar-refractivity contribution < 1.29 is 96.0 Å². The lowest BCUT2D eigenvalue weighted by molar-refractivity contribution is -0.671. The van der Waals surface area contributed by atoms with Crippen molar-refractivity contribution in [3.8, 4) is 23.0 Å². The zero-order valence-electron chi connectivity index (χ0n) is 58.0. The number of phenolic OH excluding ortho intramolecular Hbond substituents is 2. The quantitative estimate of drug-likeness (QED) is 0.0372. The van der Waals surface area contributed by atoms with E-state index < -0.39 is 23.4 Å². The predicted molar refractivity (Wildman–Crippen MR) is 390 cm³/mol. The molecule has 1 aliphatic carbocycles. The zero-order valence-corrected chi connectivity index (χ0v) is 65.5. The Morgan fingerprint density at radius 3 is 1.14 bits per heavy atom. The molecule has 0 saturated heterocycles. The molecule has 0 spiro atoms. The third-order valence-electron chi connectivity index (χ3n) is 18.5. The molecule has 4 aromatic heterocycles. The third-order valence-corrected chi connectivity index (χ3v) is 19.5. The molecule has 2 N–H and O–H groups in total. The van der Waals surface area contributed by atoms with E-state index in [9.17, 15) is 29.4 Å². The average molecular weight is 1720 g/mol. The number of hydrogen-bond donors (Lipinski definition) is 2. The maximum atomic E-state index is 13.2. The van der Waals surface area contributed by atoms with Crippen LogP contribution in [0.5, 0.6) is 23.0 Å². The first-order chi connectivity index (χ1) is 47.8. The van der Waals surface area contributed by atoms with E-state index in [-0.39, 0.29) is 122 Å². The maximum Gasteiger partial charge on any atom is 0.299 e. The van der Waals surface area contributed by atoms with Gasteiger partial charge in [0.15, 0.2) is 24.8 Å². The van der Waals surface area contributed by atoms with E-state index in [1.807, 2.05) is 48.0 Å². The van der Waals surface area contributed by atoms with Crippen molar-refractivity contribution in [1.82, 2.24) is 30.0 Å². The number of hydrogen-bond acceptors (Lipinski definition) is 12. The minimum atomic E-state index is -0.613. The van der Waals surface area contributed by atoms with Gasteiger partial charge in [0.25, 0.3) is 23.4 Å². The summed E-state index contributed by atoms with van der Waals surface area (Å²) in [6.07, 6.45) is 22.1. The highest BCUT2D eigenvalue weighted by Crippen LogP contribution is 2.44. The van der Waals surface area contributed by atoms with Crippen molar-refractivity contribution in [2.24, 2.45) is 14.1 Å². The molecule has 22 heteroatoms.